The molecule has 0 unspecified atom stereocenters. The molecule has 0 heterocycles. The zero-order valence-corrected chi connectivity index (χ0v) is 15.9. The summed E-state index contributed by atoms with van der Waals surface area (Å²) in [6, 6.07) is 0. The molecule has 0 aliphatic carbocycles. The van der Waals surface area contributed by atoms with Crippen molar-refractivity contribution in [2.24, 2.45) is 0 Å². The first kappa shape index (κ1) is 37.2. The Kier molecular flexibility index (Phi) is 49.5. The molecule has 3 N–H and O–H groups in total. The first-order chi connectivity index (χ1) is 8.71. The Balaban J connectivity index is -0.0000000402. The van der Waals surface area contributed by atoms with Crippen LogP contribution in [0.3, 0.4) is 0 Å². The second-order valence-electron chi connectivity index (χ2n) is 1.79. The van der Waals surface area contributed by atoms with E-state index in [4.69, 9.17) is 53.5 Å². The van der Waals surface area contributed by atoms with Crippen molar-refractivity contribution in [3.05, 3.63) is 20.2 Å². The van der Waals surface area contributed by atoms with E-state index in [0.717, 1.165) is 7.11 Å². The van der Waals surface area contributed by atoms with Crippen molar-refractivity contribution in [2.45, 2.75) is 0 Å². The molecule has 0 radical (unpaired) electrons. The Morgan fingerprint density at radius 2 is 0.905 bits per heavy atom. The second kappa shape index (κ2) is 28.0. The molecule has 0 aliphatic rings. The van der Waals surface area contributed by atoms with E-state index in [0.29, 0.717) is 0 Å². The molecule has 0 aromatic carbocycles. The smallest absolute Gasteiger partial charge is 0.400 e. The van der Waals surface area contributed by atoms with Crippen molar-refractivity contribution in [3.63, 3.8) is 0 Å². The number of nitrogens with zero attached hydrogens (tertiary/aromatic N) is 2. The topological polar surface area (TPSA) is 184 Å². The number of hydrogen-bond donors (Lipinski definition) is 3. The van der Waals surface area contributed by atoms with Crippen LogP contribution in [0.2, 0.25) is 0 Å². The van der Waals surface area contributed by atoms with Crippen LogP contribution in [0.25, 0.3) is 0 Å². The Morgan fingerprint density at radius 3 is 0.905 bits per heavy atom. The Hall–Kier alpha value is -0.284. The minimum atomic E-state index is -2.69. The quantitative estimate of drug-likeness (QED) is 0.290. The predicted molar refractivity (Wildman–Crippen MR) is 71.0 cm³/mol. The predicted octanol–water partition coefficient (Wildman–Crippen LogP) is -1.84. The van der Waals surface area contributed by atoms with Crippen LogP contribution in [0.1, 0.15) is 0 Å². The third-order valence-electron chi connectivity index (χ3n) is 1.00. The normalized spacial score (nSPS) is 7.71. The molecule has 0 atom stereocenters. The average Bonchev–Trinajstić information content (AvgIpc) is 2.34. The Morgan fingerprint density at radius 1 is 0.810 bits per heavy atom. The molecule has 0 bridgehead atoms. The monoisotopic (exact) mass is 361 g/mol. The van der Waals surface area contributed by atoms with Crippen molar-refractivity contribution in [1.29, 1.82) is 0 Å². The molecule has 16 heteroatoms. The van der Waals surface area contributed by atoms with Gasteiger partial charge in [0, 0.05) is 35.5 Å². The minimum absolute atomic E-state index is 0. The summed E-state index contributed by atoms with van der Waals surface area (Å²) in [4.78, 5) is 16.7. The van der Waals surface area contributed by atoms with Gasteiger partial charge in [0.05, 0.1) is 0 Å². The maximum absolute atomic E-state index is 8.36. The summed E-state index contributed by atoms with van der Waals surface area (Å²) in [6.45, 7) is 0. The van der Waals surface area contributed by atoms with E-state index in [9.17, 15) is 0 Å². The molecule has 0 rings (SSSR count). The molecular weight excluding hydrogens is 343 g/mol. The molecule has 0 aromatic rings. The molecule has 0 fully saturated rings. The van der Waals surface area contributed by atoms with E-state index in [-0.39, 0.29) is 40.4 Å². The summed E-state index contributed by atoms with van der Waals surface area (Å²) < 4.78 is 19.4. The van der Waals surface area contributed by atoms with Gasteiger partial charge < -0.3 is 33.2 Å². The van der Waals surface area contributed by atoms with Crippen LogP contribution in [0.5, 0.6) is 0 Å². The first-order valence-electron chi connectivity index (χ1n) is 4.03. The van der Waals surface area contributed by atoms with Crippen LogP contribution < -0.4 is 0 Å². The maximum atomic E-state index is 8.36. The number of hydrogen-bond acceptors (Lipinski definition) is 9. The second-order valence-corrected chi connectivity index (χ2v) is 4.43. The molecule has 0 aromatic heterocycles. The molecular formula is C5H18AlMgN2O11Si+5. The molecule has 0 aliphatic heterocycles. The average molecular weight is 362 g/mol. The maximum Gasteiger partial charge on any atom is 3.00 e. The summed E-state index contributed by atoms with van der Waals surface area (Å²) in [5.74, 6) is 0. The zero-order chi connectivity index (χ0) is 16.5. The third-order valence-corrected chi connectivity index (χ3v) is 3.00. The standard InChI is InChI=1S/C4H12O4Si.CH4O.Al.Mg.2HNO3/c1-5-9(6-2,7-3)8-4;1-2;;;2*2-1(3)4/h1-4H3;2H,1H3;;;2*(H,2,3,4)/q;;+3;+2;;. The van der Waals surface area contributed by atoms with Gasteiger partial charge in [-0.15, -0.1) is 20.2 Å². The molecule has 0 saturated heterocycles. The van der Waals surface area contributed by atoms with Crippen LogP contribution in [-0.2, 0) is 17.7 Å². The van der Waals surface area contributed by atoms with Gasteiger partial charge in [0.25, 0.3) is 10.2 Å². The Bertz CT molecular complexity index is 185. The van der Waals surface area contributed by atoms with Gasteiger partial charge in [-0.25, -0.2) is 0 Å². The fourth-order valence-electron chi connectivity index (χ4n) is 0.500. The summed E-state index contributed by atoms with van der Waals surface area (Å²) in [5.41, 5.74) is 0. The molecule has 0 spiro atoms. The van der Waals surface area contributed by atoms with E-state index < -0.39 is 19.2 Å². The molecule has 118 valence electrons. The van der Waals surface area contributed by atoms with Gasteiger partial charge in [0.15, 0.2) is 0 Å². The van der Waals surface area contributed by atoms with Crippen molar-refractivity contribution >= 4 is 49.5 Å². The van der Waals surface area contributed by atoms with Crippen LogP contribution in [0.4, 0.5) is 0 Å². The van der Waals surface area contributed by atoms with Crippen LogP contribution in [0.15, 0.2) is 0 Å². The van der Waals surface area contributed by atoms with Crippen LogP contribution >= 0.6 is 0 Å². The summed E-state index contributed by atoms with van der Waals surface area (Å²) in [5, 5.41) is 34.3. The fraction of sp³-hybridized carbons (Fsp3) is 1.00. The van der Waals surface area contributed by atoms with Crippen molar-refractivity contribution in [1.82, 2.24) is 0 Å². The number of rotatable bonds is 4. The van der Waals surface area contributed by atoms with E-state index in [1.807, 2.05) is 0 Å². The molecule has 0 saturated carbocycles. The Labute approximate surface area is 148 Å². The molecule has 0 amide bonds. The van der Waals surface area contributed by atoms with Gasteiger partial charge in [0.2, 0.25) is 0 Å². The van der Waals surface area contributed by atoms with Crippen LogP contribution in [-0.4, -0.2) is 111 Å². The summed E-state index contributed by atoms with van der Waals surface area (Å²) >= 11 is 0. The van der Waals surface area contributed by atoms with E-state index >= 15 is 0 Å². The van der Waals surface area contributed by atoms with Gasteiger partial charge in [-0.3, -0.25) is 0 Å². The summed E-state index contributed by atoms with van der Waals surface area (Å²) in [7, 11) is 4.26. The van der Waals surface area contributed by atoms with Gasteiger partial charge in [-0.1, -0.05) is 0 Å². The van der Waals surface area contributed by atoms with E-state index in [1.54, 1.807) is 0 Å². The van der Waals surface area contributed by atoms with E-state index in [1.165, 1.54) is 28.4 Å². The van der Waals surface area contributed by atoms with Crippen molar-refractivity contribution < 1.29 is 43.4 Å². The van der Waals surface area contributed by atoms with Crippen molar-refractivity contribution in [3.8, 4) is 0 Å². The first-order valence-corrected chi connectivity index (χ1v) is 5.66. The molecule has 21 heavy (non-hydrogen) atoms. The number of aliphatic hydroxyl groups excluding tert-OH is 1. The van der Waals surface area contributed by atoms with E-state index in [2.05, 4.69) is 0 Å². The van der Waals surface area contributed by atoms with Crippen molar-refractivity contribution in [2.75, 3.05) is 35.5 Å². The zero-order valence-electron chi connectivity index (χ0n) is 12.3. The van der Waals surface area contributed by atoms with Gasteiger partial charge in [-0.2, -0.15) is 0 Å². The minimum Gasteiger partial charge on any atom is -0.400 e. The summed E-state index contributed by atoms with van der Waals surface area (Å²) in [6.07, 6.45) is 0. The van der Waals surface area contributed by atoms with Crippen LogP contribution in [0, 0.1) is 20.2 Å². The third kappa shape index (κ3) is 45.1. The fourth-order valence-corrected chi connectivity index (χ4v) is 1.50. The SMILES string of the molecule is CO.CO[Si](OC)(OC)OC.O=[N+]([O-])O.O=[N+]([O-])O.[Al+3].[Mg+2]. The van der Waals surface area contributed by atoms with Gasteiger partial charge >= 0.3 is 49.5 Å². The number of aliphatic hydroxyl groups is 1. The van der Waals surface area contributed by atoms with Gasteiger partial charge in [0.1, 0.15) is 0 Å². The van der Waals surface area contributed by atoms with Gasteiger partial charge in [-0.05, 0) is 0 Å². The largest absolute Gasteiger partial charge is 3.00 e. The molecule has 13 nitrogen and oxygen atoms in total.